The van der Waals surface area contributed by atoms with Gasteiger partial charge in [-0.3, -0.25) is 14.5 Å². The highest BCUT2D eigenvalue weighted by Gasteiger charge is 2.16. The molecule has 0 saturated heterocycles. The molecule has 0 fully saturated rings. The number of benzene rings is 2. The molecule has 2 aromatic carbocycles. The molecule has 0 spiro atoms. The van der Waals surface area contributed by atoms with Gasteiger partial charge in [0.2, 0.25) is 5.91 Å². The predicted octanol–water partition coefficient (Wildman–Crippen LogP) is 4.34. The van der Waals surface area contributed by atoms with Crippen LogP contribution in [0, 0.1) is 11.7 Å². The maximum Gasteiger partial charge on any atom is 0.242 e. The minimum absolute atomic E-state index is 0.0355. The summed E-state index contributed by atoms with van der Waals surface area (Å²) in [6.07, 6.45) is 0. The first kappa shape index (κ1) is 18.5. The summed E-state index contributed by atoms with van der Waals surface area (Å²) in [5, 5.41) is 7.08. The first-order valence-corrected chi connectivity index (χ1v) is 9.35. The zero-order valence-corrected chi connectivity index (χ0v) is 17.0. The number of likely N-dealkylation sites (N-methyl/N-ethyl adjacent to an activating group) is 1. The van der Waals surface area contributed by atoms with Gasteiger partial charge in [-0.25, -0.2) is 0 Å². The van der Waals surface area contributed by atoms with Crippen molar-refractivity contribution in [3.05, 3.63) is 68.9 Å². The fourth-order valence-electron chi connectivity index (χ4n) is 2.61. The monoisotopic (exact) mass is 430 g/mol. The van der Waals surface area contributed by atoms with Crippen molar-refractivity contribution in [3.63, 3.8) is 0 Å². The summed E-state index contributed by atoms with van der Waals surface area (Å²) in [6, 6.07) is 15.9. The molecule has 1 N–H and O–H groups in total. The fourth-order valence-corrected chi connectivity index (χ4v) is 3.22. The summed E-state index contributed by atoms with van der Waals surface area (Å²) >= 11 is 8.84. The van der Waals surface area contributed by atoms with Gasteiger partial charge in [-0.1, -0.05) is 64.0 Å². The average molecular weight is 431 g/mol. The molecule has 5 nitrogen and oxygen atoms in total. The largest absolute Gasteiger partial charge is 0.340 e. The van der Waals surface area contributed by atoms with E-state index in [1.54, 1.807) is 16.5 Å². The summed E-state index contributed by atoms with van der Waals surface area (Å²) < 4.78 is 3.15. The molecule has 3 aromatic rings. The van der Waals surface area contributed by atoms with Gasteiger partial charge >= 0.3 is 0 Å². The number of halogens is 1. The van der Waals surface area contributed by atoms with Crippen LogP contribution in [0.25, 0.3) is 11.4 Å². The normalized spacial score (nSPS) is 10.7. The van der Waals surface area contributed by atoms with Crippen molar-refractivity contribution in [3.8, 4) is 11.4 Å². The van der Waals surface area contributed by atoms with Crippen LogP contribution >= 0.6 is 28.1 Å². The number of carbonyl (C=O) groups is 1. The van der Waals surface area contributed by atoms with Crippen molar-refractivity contribution < 1.29 is 4.79 Å². The molecule has 0 aliphatic rings. The van der Waals surface area contributed by atoms with E-state index in [9.17, 15) is 4.79 Å². The topological polar surface area (TPSA) is 53.9 Å². The Bertz CT molecular complexity index is 978. The van der Waals surface area contributed by atoms with E-state index in [1.165, 1.54) is 5.56 Å². The van der Waals surface area contributed by atoms with Crippen LogP contribution in [-0.2, 0) is 17.9 Å². The lowest BCUT2D eigenvalue weighted by Crippen LogP contribution is -2.30. The lowest BCUT2D eigenvalue weighted by atomic mass is 10.1. The summed E-state index contributed by atoms with van der Waals surface area (Å²) in [5.74, 6) is 0.629. The van der Waals surface area contributed by atoms with Crippen molar-refractivity contribution >= 4 is 34.1 Å². The lowest BCUT2D eigenvalue weighted by molar-refractivity contribution is -0.131. The Kier molecular flexibility index (Phi) is 5.68. The summed E-state index contributed by atoms with van der Waals surface area (Å²) in [4.78, 5) is 14.4. The van der Waals surface area contributed by atoms with Gasteiger partial charge in [0.05, 0.1) is 0 Å². The van der Waals surface area contributed by atoms with E-state index >= 15 is 0 Å². The Hall–Kier alpha value is -2.25. The molecule has 0 saturated carbocycles. The summed E-state index contributed by atoms with van der Waals surface area (Å²) in [5.41, 5.74) is 3.14. The van der Waals surface area contributed by atoms with E-state index in [0.29, 0.717) is 17.1 Å². The first-order chi connectivity index (χ1) is 12.5. The van der Waals surface area contributed by atoms with Crippen LogP contribution in [-0.4, -0.2) is 32.6 Å². The second-order valence-corrected chi connectivity index (χ2v) is 7.39. The number of H-pyrrole nitrogens is 1. The van der Waals surface area contributed by atoms with Gasteiger partial charge in [-0.05, 0) is 30.8 Å². The van der Waals surface area contributed by atoms with Gasteiger partial charge in [0, 0.05) is 23.6 Å². The quantitative estimate of drug-likeness (QED) is 0.612. The van der Waals surface area contributed by atoms with E-state index in [4.69, 9.17) is 12.2 Å². The van der Waals surface area contributed by atoms with Crippen LogP contribution in [0.4, 0.5) is 0 Å². The molecule has 0 atom stereocenters. The molecule has 1 aromatic heterocycles. The minimum Gasteiger partial charge on any atom is -0.340 e. The molecule has 0 aliphatic heterocycles. The van der Waals surface area contributed by atoms with Crippen LogP contribution in [0.5, 0.6) is 0 Å². The van der Waals surface area contributed by atoms with Crippen LogP contribution in [0.3, 0.4) is 0 Å². The van der Waals surface area contributed by atoms with Gasteiger partial charge < -0.3 is 4.90 Å². The zero-order chi connectivity index (χ0) is 18.7. The van der Waals surface area contributed by atoms with Crippen LogP contribution < -0.4 is 0 Å². The number of carbonyl (C=O) groups excluding carboxylic acids is 1. The van der Waals surface area contributed by atoms with E-state index in [1.807, 2.05) is 55.5 Å². The smallest absolute Gasteiger partial charge is 0.242 e. The van der Waals surface area contributed by atoms with Crippen LogP contribution in [0.1, 0.15) is 11.1 Å². The maximum absolute atomic E-state index is 12.7. The molecule has 0 radical (unpaired) electrons. The molecule has 26 heavy (non-hydrogen) atoms. The zero-order valence-electron chi connectivity index (χ0n) is 14.6. The van der Waals surface area contributed by atoms with Crippen molar-refractivity contribution in [2.75, 3.05) is 7.05 Å². The highest BCUT2D eigenvalue weighted by molar-refractivity contribution is 9.10. The van der Waals surface area contributed by atoms with Crippen molar-refractivity contribution in [2.45, 2.75) is 20.0 Å². The van der Waals surface area contributed by atoms with Crippen molar-refractivity contribution in [2.24, 2.45) is 0 Å². The summed E-state index contributed by atoms with van der Waals surface area (Å²) in [6.45, 7) is 2.69. The molecule has 134 valence electrons. The standard InChI is InChI=1S/C19H19BrN4OS/c1-13-7-9-14(10-8-13)18-21-22-19(26)24(18)12-17(25)23(2)11-15-5-3-4-6-16(15)20/h3-10H,11-12H2,1-2H3,(H,22,26). The fraction of sp³-hybridized carbons (Fsp3) is 0.211. The van der Waals surface area contributed by atoms with Crippen LogP contribution in [0.15, 0.2) is 53.0 Å². The van der Waals surface area contributed by atoms with Crippen molar-refractivity contribution in [1.82, 2.24) is 19.7 Å². The Labute approximate surface area is 165 Å². The first-order valence-electron chi connectivity index (χ1n) is 8.15. The molecular weight excluding hydrogens is 412 g/mol. The highest BCUT2D eigenvalue weighted by atomic mass is 79.9. The Balaban J connectivity index is 1.79. The Morgan fingerprint density at radius 1 is 1.23 bits per heavy atom. The highest BCUT2D eigenvalue weighted by Crippen LogP contribution is 2.20. The molecule has 1 amide bonds. The number of hydrogen-bond acceptors (Lipinski definition) is 3. The third kappa shape index (κ3) is 4.11. The van der Waals surface area contributed by atoms with Gasteiger partial charge in [-0.15, -0.1) is 0 Å². The lowest BCUT2D eigenvalue weighted by Gasteiger charge is -2.19. The molecule has 3 rings (SSSR count). The number of aromatic nitrogens is 3. The number of nitrogens with one attached hydrogen (secondary N) is 1. The maximum atomic E-state index is 12.7. The van der Waals surface area contributed by atoms with Gasteiger partial charge in [0.1, 0.15) is 6.54 Å². The second-order valence-electron chi connectivity index (χ2n) is 6.15. The van der Waals surface area contributed by atoms with E-state index in [-0.39, 0.29) is 12.5 Å². The van der Waals surface area contributed by atoms with E-state index in [0.717, 1.165) is 15.6 Å². The number of hydrogen-bond donors (Lipinski definition) is 1. The molecule has 0 unspecified atom stereocenters. The minimum atomic E-state index is -0.0355. The molecule has 0 bridgehead atoms. The number of aromatic amines is 1. The Morgan fingerprint density at radius 2 is 1.92 bits per heavy atom. The average Bonchev–Trinajstić information content (AvgIpc) is 2.98. The molecular formula is C19H19BrN4OS. The van der Waals surface area contributed by atoms with Crippen molar-refractivity contribution in [1.29, 1.82) is 0 Å². The molecule has 7 heteroatoms. The molecule has 0 aliphatic carbocycles. The second kappa shape index (κ2) is 7.97. The van der Waals surface area contributed by atoms with Gasteiger partial charge in [0.25, 0.3) is 0 Å². The third-order valence-corrected chi connectivity index (χ3v) is 5.24. The Morgan fingerprint density at radius 3 is 2.62 bits per heavy atom. The predicted molar refractivity (Wildman–Crippen MR) is 108 cm³/mol. The van der Waals surface area contributed by atoms with Gasteiger partial charge in [-0.2, -0.15) is 5.10 Å². The number of amides is 1. The number of rotatable bonds is 5. The summed E-state index contributed by atoms with van der Waals surface area (Å²) in [7, 11) is 1.79. The third-order valence-electron chi connectivity index (χ3n) is 4.15. The van der Waals surface area contributed by atoms with Crippen LogP contribution in [0.2, 0.25) is 0 Å². The van der Waals surface area contributed by atoms with Gasteiger partial charge in [0.15, 0.2) is 10.6 Å². The number of aryl methyl sites for hydroxylation is 1. The molecule has 1 heterocycles. The van der Waals surface area contributed by atoms with E-state index < -0.39 is 0 Å². The SMILES string of the molecule is Cc1ccc(-c2n[nH]c(=S)n2CC(=O)N(C)Cc2ccccc2Br)cc1. The number of nitrogens with zero attached hydrogens (tertiary/aromatic N) is 3. The van der Waals surface area contributed by atoms with E-state index in [2.05, 4.69) is 26.1 Å².